The third-order valence-electron chi connectivity index (χ3n) is 5.53. The number of nitrogens with zero attached hydrogens (tertiary/aromatic N) is 2. The van der Waals surface area contributed by atoms with Crippen molar-refractivity contribution in [1.29, 1.82) is 0 Å². The zero-order valence-corrected chi connectivity index (χ0v) is 18.3. The van der Waals surface area contributed by atoms with E-state index in [0.29, 0.717) is 47.2 Å². The first-order valence-electron chi connectivity index (χ1n) is 9.55. The summed E-state index contributed by atoms with van der Waals surface area (Å²) in [7, 11) is 1.56. The third-order valence-corrected chi connectivity index (χ3v) is 7.42. The lowest BCUT2D eigenvalue weighted by Crippen LogP contribution is -2.29. The Kier molecular flexibility index (Phi) is 5.67. The molecule has 0 amide bonds. The van der Waals surface area contributed by atoms with Crippen molar-refractivity contribution in [3.8, 4) is 0 Å². The lowest BCUT2D eigenvalue weighted by Gasteiger charge is -2.27. The van der Waals surface area contributed by atoms with Gasteiger partial charge in [0.1, 0.15) is 7.11 Å². The molecule has 0 unspecified atom stereocenters. The fourth-order valence-electron chi connectivity index (χ4n) is 4.20. The van der Waals surface area contributed by atoms with Gasteiger partial charge in [0, 0.05) is 43.8 Å². The molecule has 0 radical (unpaired) electrons. The molecule has 0 atom stereocenters. The smallest absolute Gasteiger partial charge is 0.198 e. The summed E-state index contributed by atoms with van der Waals surface area (Å²) in [5.41, 5.74) is 3.19. The summed E-state index contributed by atoms with van der Waals surface area (Å²) in [5, 5.41) is 4.02. The molecule has 1 aliphatic heterocycles. The topological polar surface area (TPSA) is 93.1 Å². The van der Waals surface area contributed by atoms with Crippen molar-refractivity contribution in [3.05, 3.63) is 39.6 Å². The Hall–Kier alpha value is -2.48. The van der Waals surface area contributed by atoms with Crippen molar-refractivity contribution in [2.45, 2.75) is 44.4 Å². The van der Waals surface area contributed by atoms with Crippen LogP contribution >= 0.6 is 0 Å². The van der Waals surface area contributed by atoms with Gasteiger partial charge in [-0.3, -0.25) is 9.59 Å². The van der Waals surface area contributed by atoms with E-state index >= 15 is 0 Å². The van der Waals surface area contributed by atoms with Crippen LogP contribution in [0.5, 0.6) is 0 Å². The largest absolute Gasteiger partial charge is 0.399 e. The van der Waals surface area contributed by atoms with Crippen LogP contribution in [0.2, 0.25) is 0 Å². The minimum Gasteiger partial charge on any atom is -0.399 e. The van der Waals surface area contributed by atoms with E-state index in [1.54, 1.807) is 19.9 Å². The van der Waals surface area contributed by atoms with E-state index in [1.807, 2.05) is 19.0 Å². The number of carbonyl (C=O) groups is 2. The van der Waals surface area contributed by atoms with Crippen LogP contribution in [0.1, 0.15) is 52.7 Å². The van der Waals surface area contributed by atoms with Crippen LogP contribution in [-0.4, -0.2) is 57.6 Å². The highest BCUT2D eigenvalue weighted by Gasteiger charge is 2.35. The first-order chi connectivity index (χ1) is 13.6. The lowest BCUT2D eigenvalue weighted by atomic mass is 9.85. The van der Waals surface area contributed by atoms with E-state index < -0.39 is 9.84 Å². The molecule has 0 fully saturated rings. The Morgan fingerprint density at radius 2 is 1.86 bits per heavy atom. The van der Waals surface area contributed by atoms with Crippen LogP contribution in [0.4, 0.5) is 0 Å². The molecule has 8 heteroatoms. The van der Waals surface area contributed by atoms with Crippen LogP contribution in [-0.2, 0) is 19.5 Å². The number of aryl methyl sites for hydroxylation is 1. The molecule has 156 valence electrons. The summed E-state index contributed by atoms with van der Waals surface area (Å²) >= 11 is 0. The summed E-state index contributed by atoms with van der Waals surface area (Å²) in [6.07, 6.45) is 1.93. The number of benzene rings is 1. The average molecular weight is 419 g/mol. The second-order valence-electron chi connectivity index (χ2n) is 7.68. The number of allylic oxidation sites excluding steroid dienone is 2. The molecular weight excluding hydrogens is 392 g/mol. The van der Waals surface area contributed by atoms with Crippen LogP contribution in [0.3, 0.4) is 0 Å². The van der Waals surface area contributed by atoms with Crippen LogP contribution in [0.15, 0.2) is 27.4 Å². The van der Waals surface area contributed by atoms with Gasteiger partial charge in [0.05, 0.1) is 21.9 Å². The van der Waals surface area contributed by atoms with Crippen molar-refractivity contribution in [2.24, 2.45) is 5.16 Å². The molecule has 1 aromatic carbocycles. The molecule has 7 nitrogen and oxygen atoms in total. The zero-order valence-electron chi connectivity index (χ0n) is 17.5. The second kappa shape index (κ2) is 7.74. The Morgan fingerprint density at radius 1 is 1.17 bits per heavy atom. The normalized spacial score (nSPS) is 19.9. The number of ketones is 2. The molecule has 29 heavy (non-hydrogen) atoms. The Morgan fingerprint density at radius 3 is 2.48 bits per heavy atom. The number of rotatable bonds is 4. The molecule has 0 saturated carbocycles. The van der Waals surface area contributed by atoms with E-state index in [0.717, 1.165) is 5.70 Å². The van der Waals surface area contributed by atoms with Crippen molar-refractivity contribution >= 4 is 27.1 Å². The van der Waals surface area contributed by atoms with Gasteiger partial charge in [0.25, 0.3) is 0 Å². The molecule has 0 N–H and O–H groups in total. The molecule has 0 spiro atoms. The zero-order chi connectivity index (χ0) is 21.5. The Bertz CT molecular complexity index is 1070. The first kappa shape index (κ1) is 21.2. The highest BCUT2D eigenvalue weighted by molar-refractivity contribution is 7.91. The van der Waals surface area contributed by atoms with Gasteiger partial charge in [0.15, 0.2) is 21.4 Å². The van der Waals surface area contributed by atoms with Crippen molar-refractivity contribution in [1.82, 2.24) is 4.90 Å². The van der Waals surface area contributed by atoms with Crippen LogP contribution < -0.4 is 0 Å². The van der Waals surface area contributed by atoms with Gasteiger partial charge in [0.2, 0.25) is 0 Å². The van der Waals surface area contributed by atoms with Crippen molar-refractivity contribution in [3.63, 3.8) is 0 Å². The number of Topliss-reactive ketones (excluding diaryl/α,β-unsaturated/α-hetero) is 2. The van der Waals surface area contributed by atoms with Crippen LogP contribution in [0, 0.1) is 13.8 Å². The Labute approximate surface area is 171 Å². The maximum Gasteiger partial charge on any atom is 0.198 e. The number of hydrogen-bond donors (Lipinski definition) is 0. The van der Waals surface area contributed by atoms with Crippen LogP contribution in [0.25, 0.3) is 0 Å². The summed E-state index contributed by atoms with van der Waals surface area (Å²) < 4.78 is 25.4. The predicted octanol–water partition coefficient (Wildman–Crippen LogP) is 2.58. The fourth-order valence-corrected chi connectivity index (χ4v) is 6.00. The first-order valence-corrected chi connectivity index (χ1v) is 11.2. The molecule has 0 saturated heterocycles. The lowest BCUT2D eigenvalue weighted by molar-refractivity contribution is -0.115. The van der Waals surface area contributed by atoms with Gasteiger partial charge in [-0.1, -0.05) is 5.16 Å². The summed E-state index contributed by atoms with van der Waals surface area (Å²) in [6.45, 7) is 3.38. The van der Waals surface area contributed by atoms with E-state index in [2.05, 4.69) is 5.16 Å². The molecule has 1 aliphatic carbocycles. The van der Waals surface area contributed by atoms with E-state index in [9.17, 15) is 18.0 Å². The molecular formula is C21H26N2O5S. The summed E-state index contributed by atoms with van der Waals surface area (Å²) in [4.78, 5) is 33.1. The second-order valence-corrected chi connectivity index (χ2v) is 9.73. The predicted molar refractivity (Wildman–Crippen MR) is 110 cm³/mol. The van der Waals surface area contributed by atoms with Crippen molar-refractivity contribution in [2.75, 3.05) is 27.0 Å². The van der Waals surface area contributed by atoms with Gasteiger partial charge in [-0.2, -0.15) is 0 Å². The summed E-state index contributed by atoms with van der Waals surface area (Å²) in [6, 6.07) is 1.59. The number of hydrogen-bond acceptors (Lipinski definition) is 7. The number of carbonyl (C=O) groups excluding carboxylic acids is 2. The highest BCUT2D eigenvalue weighted by atomic mass is 32.2. The molecule has 0 aromatic heterocycles. The van der Waals surface area contributed by atoms with Gasteiger partial charge in [-0.15, -0.1) is 0 Å². The fraction of sp³-hybridized carbons (Fsp3) is 0.476. The SMILES string of the molecule is CO/N=C1\CCS(=O)(=O)c2c(C)cc(C(=O)C3=C(N(C)C)CCCC3=O)c(C)c21. The van der Waals surface area contributed by atoms with Gasteiger partial charge in [-0.05, 0) is 43.9 Å². The molecule has 3 rings (SSSR count). The van der Waals surface area contributed by atoms with Gasteiger partial charge >= 0.3 is 0 Å². The maximum absolute atomic E-state index is 13.5. The Balaban J connectivity index is 2.29. The van der Waals surface area contributed by atoms with Crippen molar-refractivity contribution < 1.29 is 22.8 Å². The van der Waals surface area contributed by atoms with E-state index in [4.69, 9.17) is 4.84 Å². The molecule has 0 bridgehead atoms. The number of sulfone groups is 1. The van der Waals surface area contributed by atoms with E-state index in [1.165, 1.54) is 7.11 Å². The quantitative estimate of drug-likeness (QED) is 0.424. The highest BCUT2D eigenvalue weighted by Crippen LogP contribution is 2.35. The third kappa shape index (κ3) is 3.61. The molecule has 2 aliphatic rings. The summed E-state index contributed by atoms with van der Waals surface area (Å²) in [5.74, 6) is -0.579. The van der Waals surface area contributed by atoms with Gasteiger partial charge in [-0.25, -0.2) is 8.42 Å². The standard InChI is InChI=1S/C21H26N2O5S/c1-12-11-14(20(25)19-16(23(3)4)7-6-8-17(19)24)13(2)18-15(22-28-5)9-10-29(26,27)21(12)18/h11H,6-10H2,1-5H3/b22-15+. The minimum absolute atomic E-state index is 0.0514. The molecule has 1 heterocycles. The number of oxime groups is 1. The minimum atomic E-state index is -3.48. The van der Waals surface area contributed by atoms with E-state index in [-0.39, 0.29) is 34.2 Å². The van der Waals surface area contributed by atoms with Gasteiger partial charge < -0.3 is 9.74 Å². The maximum atomic E-state index is 13.5. The number of fused-ring (bicyclic) bond motifs is 1. The molecule has 1 aromatic rings. The average Bonchev–Trinajstić information content (AvgIpc) is 2.65. The monoisotopic (exact) mass is 418 g/mol.